The average molecular weight is 733 g/mol. The predicted octanol–water partition coefficient (Wildman–Crippen LogP) is 7.70. The fraction of sp³-hybridized carbons (Fsp3) is 0.707. The average Bonchev–Trinajstić information content (AvgIpc) is 3.43. The van der Waals surface area contributed by atoms with Gasteiger partial charge < -0.3 is 34.9 Å². The zero-order chi connectivity index (χ0) is 38.7. The third-order valence-corrected chi connectivity index (χ3v) is 8.98. The van der Waals surface area contributed by atoms with E-state index in [4.69, 9.17) is 29.8 Å². The van der Waals surface area contributed by atoms with Crippen LogP contribution in [0.15, 0.2) is 47.5 Å². The third kappa shape index (κ3) is 19.1. The fourth-order valence-electron chi connectivity index (χ4n) is 5.38. The van der Waals surface area contributed by atoms with Gasteiger partial charge in [0.25, 0.3) is 0 Å². The summed E-state index contributed by atoms with van der Waals surface area (Å²) < 4.78 is 22.0. The van der Waals surface area contributed by atoms with Crippen LogP contribution in [-0.2, 0) is 33.3 Å². The summed E-state index contributed by atoms with van der Waals surface area (Å²) in [6.07, 6.45) is 18.8. The first-order valence-corrected chi connectivity index (χ1v) is 19.5. The highest BCUT2D eigenvalue weighted by atomic mass is 16.6. The zero-order valence-corrected chi connectivity index (χ0v) is 32.6. The van der Waals surface area contributed by atoms with Crippen LogP contribution in [0, 0.1) is 0 Å². The monoisotopic (exact) mass is 732 g/mol. The second kappa shape index (κ2) is 27.5. The smallest absolute Gasteiger partial charge is 0.344 e. The number of carbonyl (C=O) groups excluding carboxylic acids is 2. The quantitative estimate of drug-likeness (QED) is 0.0441. The summed E-state index contributed by atoms with van der Waals surface area (Å²) in [4.78, 5) is 39.6. The van der Waals surface area contributed by atoms with Crippen molar-refractivity contribution in [1.29, 1.82) is 0 Å². The van der Waals surface area contributed by atoms with Crippen LogP contribution in [0.2, 0.25) is 0 Å². The molecule has 1 aliphatic rings. The van der Waals surface area contributed by atoms with Gasteiger partial charge in [-0.25, -0.2) is 9.79 Å². The van der Waals surface area contributed by atoms with E-state index in [0.29, 0.717) is 18.6 Å². The van der Waals surface area contributed by atoms with Gasteiger partial charge in [-0.3, -0.25) is 9.59 Å². The second-order valence-corrected chi connectivity index (χ2v) is 13.9. The van der Waals surface area contributed by atoms with Crippen LogP contribution < -0.4 is 5.73 Å². The Morgan fingerprint density at radius 3 is 1.92 bits per heavy atom. The third-order valence-electron chi connectivity index (χ3n) is 8.98. The number of hydrogen-bond acceptors (Lipinski definition) is 10. The van der Waals surface area contributed by atoms with Gasteiger partial charge in [-0.2, -0.15) is 0 Å². The number of esters is 2. The van der Waals surface area contributed by atoms with Crippen LogP contribution in [0.4, 0.5) is 0 Å². The number of aliphatic hydroxyl groups excluding tert-OH is 1. The van der Waals surface area contributed by atoms with E-state index in [1.807, 2.05) is 36.4 Å². The van der Waals surface area contributed by atoms with Crippen LogP contribution in [0.3, 0.4) is 0 Å². The molecule has 0 saturated heterocycles. The zero-order valence-electron chi connectivity index (χ0n) is 32.6. The molecular formula is C41H68N2O9. The number of carboxylic acids is 1. The van der Waals surface area contributed by atoms with Crippen molar-refractivity contribution in [3.63, 3.8) is 0 Å². The maximum Gasteiger partial charge on any atom is 0.344 e. The highest BCUT2D eigenvalue weighted by Crippen LogP contribution is 2.29. The summed E-state index contributed by atoms with van der Waals surface area (Å²) in [5, 5.41) is 18.6. The number of nitrogens with zero attached hydrogens (tertiary/aromatic N) is 1. The van der Waals surface area contributed by atoms with Gasteiger partial charge in [0.15, 0.2) is 11.6 Å². The summed E-state index contributed by atoms with van der Waals surface area (Å²) >= 11 is 0. The highest BCUT2D eigenvalue weighted by molar-refractivity contribution is 6.08. The van der Waals surface area contributed by atoms with Gasteiger partial charge in [-0.1, -0.05) is 102 Å². The first-order chi connectivity index (χ1) is 24.9. The number of cyclic esters (lactones) is 1. The molecule has 11 nitrogen and oxygen atoms in total. The maximum absolute atomic E-state index is 12.6. The minimum absolute atomic E-state index is 0.242. The van der Waals surface area contributed by atoms with E-state index >= 15 is 0 Å². The summed E-state index contributed by atoms with van der Waals surface area (Å²) in [5.41, 5.74) is 3.39. The lowest BCUT2D eigenvalue weighted by atomic mass is 9.92. The molecule has 0 fully saturated rings. The van der Waals surface area contributed by atoms with E-state index in [0.717, 1.165) is 64.8 Å². The van der Waals surface area contributed by atoms with Crippen molar-refractivity contribution in [2.75, 3.05) is 26.4 Å². The molecule has 0 aromatic heterocycles. The topological polar surface area (TPSA) is 167 Å². The Kier molecular flexibility index (Phi) is 24.8. The minimum atomic E-state index is -1.56. The maximum atomic E-state index is 12.6. The van der Waals surface area contributed by atoms with Crippen molar-refractivity contribution >= 4 is 23.8 Å². The molecule has 4 N–H and O–H groups in total. The molecule has 1 aromatic carbocycles. The van der Waals surface area contributed by atoms with Gasteiger partial charge >= 0.3 is 17.9 Å². The molecular weight excluding hydrogens is 664 g/mol. The Labute approximate surface area is 312 Å². The number of hydrogen-bond donors (Lipinski definition) is 3. The molecule has 4 atom stereocenters. The van der Waals surface area contributed by atoms with Crippen LogP contribution >= 0.6 is 0 Å². The van der Waals surface area contributed by atoms with Crippen LogP contribution in [0.5, 0.6) is 0 Å². The molecule has 2 rings (SSSR count). The summed E-state index contributed by atoms with van der Waals surface area (Å²) in [7, 11) is 0. The molecule has 1 aliphatic heterocycles. The predicted molar refractivity (Wildman–Crippen MR) is 205 cm³/mol. The molecule has 0 spiro atoms. The van der Waals surface area contributed by atoms with E-state index in [1.54, 1.807) is 13.0 Å². The van der Waals surface area contributed by atoms with Crippen molar-refractivity contribution in [2.24, 2.45) is 10.7 Å². The molecule has 0 aliphatic carbocycles. The number of aliphatic hydroxyl groups is 1. The lowest BCUT2D eigenvalue weighted by molar-refractivity contribution is -0.152. The van der Waals surface area contributed by atoms with E-state index < -0.39 is 41.2 Å². The Morgan fingerprint density at radius 1 is 0.885 bits per heavy atom. The van der Waals surface area contributed by atoms with Crippen molar-refractivity contribution in [1.82, 2.24) is 0 Å². The van der Waals surface area contributed by atoms with Gasteiger partial charge in [0.2, 0.25) is 5.90 Å². The number of carbonyl (C=O) groups is 3. The lowest BCUT2D eigenvalue weighted by Crippen LogP contribution is -2.54. The summed E-state index contributed by atoms with van der Waals surface area (Å²) in [6, 6.07) is 9.20. The molecule has 11 heteroatoms. The van der Waals surface area contributed by atoms with Crippen LogP contribution in [0.25, 0.3) is 0 Å². The summed E-state index contributed by atoms with van der Waals surface area (Å²) in [5.74, 6) is -1.93. The first kappa shape index (κ1) is 46.9. The number of aliphatic carboxylic acids is 1. The van der Waals surface area contributed by atoms with E-state index in [2.05, 4.69) is 18.8 Å². The number of benzene rings is 1. The van der Waals surface area contributed by atoms with Gasteiger partial charge in [0, 0.05) is 38.9 Å². The first-order valence-electron chi connectivity index (χ1n) is 19.5. The van der Waals surface area contributed by atoms with Crippen molar-refractivity contribution in [3.8, 4) is 0 Å². The number of aliphatic imine (C=N–C) groups is 1. The molecule has 1 heterocycles. The van der Waals surface area contributed by atoms with E-state index in [-0.39, 0.29) is 5.90 Å². The fourth-order valence-corrected chi connectivity index (χ4v) is 5.38. The largest absolute Gasteiger partial charge is 0.480 e. The van der Waals surface area contributed by atoms with Gasteiger partial charge in [0.1, 0.15) is 5.54 Å². The number of ether oxygens (including phenoxy) is 4. The van der Waals surface area contributed by atoms with Gasteiger partial charge in [0.05, 0.1) is 6.10 Å². The number of rotatable bonds is 28. The minimum Gasteiger partial charge on any atom is -0.480 e. The van der Waals surface area contributed by atoms with Crippen molar-refractivity contribution in [3.05, 3.63) is 48.0 Å². The highest BCUT2D eigenvalue weighted by Gasteiger charge is 2.49. The number of unbranched alkanes of at least 4 members (excludes halogenated alkanes) is 11. The Bertz CT molecular complexity index is 1190. The van der Waals surface area contributed by atoms with Crippen LogP contribution in [-0.4, -0.2) is 83.7 Å². The molecule has 0 radical (unpaired) electrons. The standard InChI is InChI=1S/C25H35NO5.C16H33NO4/c1-4-5-6-7-13-18-29-19-14-9-12-17-22(30-20(2)27)25(3)24(28)31-23(26-25)21-15-10-8-11-16-21;1-3-4-5-6-9-12-21-13-10-7-8-11-14(18)16(2,17)15(19)20/h8,10-12,15-17,22H,4-7,9,13-14,18-19H2,1-3H3;14,18H,3-13,17H2,1-2H3,(H,19,20)/b17-12+;/t22?,25-;14?,16-/m00/s1. The van der Waals surface area contributed by atoms with Crippen LogP contribution in [0.1, 0.15) is 143 Å². The second-order valence-electron chi connectivity index (χ2n) is 13.9. The van der Waals surface area contributed by atoms with Crippen molar-refractivity contribution in [2.45, 2.75) is 161 Å². The summed E-state index contributed by atoms with van der Waals surface area (Å²) in [6.45, 7) is 11.8. The van der Waals surface area contributed by atoms with E-state index in [1.165, 1.54) is 65.2 Å². The molecule has 296 valence electrons. The molecule has 52 heavy (non-hydrogen) atoms. The molecule has 0 amide bonds. The lowest BCUT2D eigenvalue weighted by Gasteiger charge is -2.25. The van der Waals surface area contributed by atoms with Gasteiger partial charge in [-0.05, 0) is 70.6 Å². The number of allylic oxidation sites excluding steroid dienone is 1. The molecule has 2 unspecified atom stereocenters. The van der Waals surface area contributed by atoms with Crippen molar-refractivity contribution < 1.29 is 43.5 Å². The van der Waals surface area contributed by atoms with Gasteiger partial charge in [-0.15, -0.1) is 0 Å². The normalized spacial score (nSPS) is 17.8. The Morgan fingerprint density at radius 2 is 1.40 bits per heavy atom. The Hall–Kier alpha value is -3.12. The Balaban J connectivity index is 0.000000564. The number of nitrogens with two attached hydrogens (primary N) is 1. The number of carboxylic acid groups (broad SMARTS) is 1. The van der Waals surface area contributed by atoms with E-state index in [9.17, 15) is 19.5 Å². The molecule has 0 saturated carbocycles. The SMILES string of the molecule is CCCCCCCOCCC/C=C/C(OC(C)=O)[C@]1(C)N=C(c2ccccc2)OC1=O.CCCCCCCOCCCCCC(O)[C@](C)(N)C(=O)O. The molecule has 0 bridgehead atoms. The molecule has 1 aromatic rings.